The van der Waals surface area contributed by atoms with Crippen molar-refractivity contribution in [2.45, 2.75) is 39.2 Å². The highest BCUT2D eigenvalue weighted by molar-refractivity contribution is 5.38. The first-order chi connectivity index (χ1) is 10.8. The maximum Gasteiger partial charge on any atom is 0.218 e. The lowest BCUT2D eigenvalue weighted by Gasteiger charge is -2.18. The highest BCUT2D eigenvalue weighted by Crippen LogP contribution is 2.28. The molecular weight excluding hydrogens is 280 g/mol. The molecule has 1 N–H and O–H groups in total. The molecule has 6 nitrogen and oxygen atoms in total. The average molecular weight is 308 g/mol. The molecule has 124 valence electrons. The first-order valence-corrected chi connectivity index (χ1v) is 8.27. The first-order valence-electron chi connectivity index (χ1n) is 8.27. The molecule has 1 aliphatic rings. The summed E-state index contributed by atoms with van der Waals surface area (Å²) in [6, 6.07) is 1.84. The molecule has 0 aromatic carbocycles. The van der Waals surface area contributed by atoms with Gasteiger partial charge in [-0.3, -0.25) is 0 Å². The first kappa shape index (κ1) is 17.0. The van der Waals surface area contributed by atoms with Crippen LogP contribution in [0.4, 0.5) is 5.82 Å². The van der Waals surface area contributed by atoms with Crippen LogP contribution in [0, 0.1) is 0 Å². The summed E-state index contributed by atoms with van der Waals surface area (Å²) in [6.07, 6.45) is 3.14. The van der Waals surface area contributed by atoms with Gasteiger partial charge in [-0.25, -0.2) is 4.98 Å². The molecule has 6 heteroatoms. The molecule has 1 atom stereocenters. The summed E-state index contributed by atoms with van der Waals surface area (Å²) in [6.45, 7) is 9.36. The van der Waals surface area contributed by atoms with Crippen LogP contribution in [0.2, 0.25) is 0 Å². The van der Waals surface area contributed by atoms with Gasteiger partial charge in [-0.2, -0.15) is 4.98 Å². The third-order valence-corrected chi connectivity index (χ3v) is 4.00. The van der Waals surface area contributed by atoms with Crippen LogP contribution in [0.25, 0.3) is 0 Å². The number of anilines is 1. The molecule has 2 rings (SSSR count). The lowest BCUT2D eigenvalue weighted by atomic mass is 10.2. The van der Waals surface area contributed by atoms with Crippen LogP contribution in [-0.4, -0.2) is 54.8 Å². The number of rotatable bonds is 9. The van der Waals surface area contributed by atoms with Gasteiger partial charge in [-0.15, -0.1) is 0 Å². The molecule has 1 fully saturated rings. The van der Waals surface area contributed by atoms with E-state index in [4.69, 9.17) is 9.47 Å². The maximum atomic E-state index is 5.66. The third kappa shape index (κ3) is 4.81. The largest absolute Gasteiger partial charge is 0.481 e. The van der Waals surface area contributed by atoms with Crippen LogP contribution in [-0.2, 0) is 4.74 Å². The predicted molar refractivity (Wildman–Crippen MR) is 87.4 cm³/mol. The standard InChI is InChI=1S/C16H28N4O2/c1-4-20(5-2)10-7-9-17-14-12-15(21-3)19-16(18-14)13-8-6-11-22-13/h12-13H,4-11H2,1-3H3,(H,17,18,19). The Labute approximate surface area is 133 Å². The minimum atomic E-state index is 0.00586. The van der Waals surface area contributed by atoms with Crippen molar-refractivity contribution in [2.75, 3.05) is 45.2 Å². The Balaban J connectivity index is 1.90. The summed E-state index contributed by atoms with van der Waals surface area (Å²) in [5.74, 6) is 2.13. The van der Waals surface area contributed by atoms with E-state index >= 15 is 0 Å². The Kier molecular flexibility index (Phi) is 6.86. The smallest absolute Gasteiger partial charge is 0.218 e. The second-order valence-electron chi connectivity index (χ2n) is 5.46. The summed E-state index contributed by atoms with van der Waals surface area (Å²) in [7, 11) is 1.63. The van der Waals surface area contributed by atoms with Gasteiger partial charge in [0.25, 0.3) is 0 Å². The number of nitrogens with zero attached hydrogens (tertiary/aromatic N) is 3. The second-order valence-corrected chi connectivity index (χ2v) is 5.46. The number of nitrogens with one attached hydrogen (secondary N) is 1. The number of aromatic nitrogens is 2. The fourth-order valence-corrected chi connectivity index (χ4v) is 2.62. The molecule has 0 aliphatic carbocycles. The van der Waals surface area contributed by atoms with E-state index in [0.29, 0.717) is 5.88 Å². The van der Waals surface area contributed by atoms with E-state index in [1.165, 1.54) is 0 Å². The van der Waals surface area contributed by atoms with Crippen molar-refractivity contribution in [1.29, 1.82) is 0 Å². The zero-order valence-corrected chi connectivity index (χ0v) is 14.0. The minimum absolute atomic E-state index is 0.00586. The van der Waals surface area contributed by atoms with Gasteiger partial charge in [0.1, 0.15) is 11.9 Å². The molecule has 1 unspecified atom stereocenters. The van der Waals surface area contributed by atoms with Crippen LogP contribution in [0.5, 0.6) is 5.88 Å². The quantitative estimate of drug-likeness (QED) is 0.707. The lowest BCUT2D eigenvalue weighted by molar-refractivity contribution is 0.104. The van der Waals surface area contributed by atoms with Crippen LogP contribution < -0.4 is 10.1 Å². The van der Waals surface area contributed by atoms with E-state index in [0.717, 1.165) is 63.7 Å². The molecule has 1 aromatic heterocycles. The van der Waals surface area contributed by atoms with Crippen LogP contribution in [0.1, 0.15) is 45.0 Å². The van der Waals surface area contributed by atoms with Crippen LogP contribution >= 0.6 is 0 Å². The minimum Gasteiger partial charge on any atom is -0.481 e. The molecule has 1 aliphatic heterocycles. The maximum absolute atomic E-state index is 5.66. The van der Waals surface area contributed by atoms with Gasteiger partial charge in [0.05, 0.1) is 7.11 Å². The summed E-state index contributed by atoms with van der Waals surface area (Å²) >= 11 is 0. The van der Waals surface area contributed by atoms with Gasteiger partial charge in [0, 0.05) is 19.2 Å². The van der Waals surface area contributed by atoms with Crippen molar-refractivity contribution in [1.82, 2.24) is 14.9 Å². The Hall–Kier alpha value is -1.40. The molecule has 0 spiro atoms. The highest BCUT2D eigenvalue weighted by atomic mass is 16.5. The normalized spacial score (nSPS) is 17.9. The van der Waals surface area contributed by atoms with Gasteiger partial charge in [0.2, 0.25) is 5.88 Å². The Morgan fingerprint density at radius 1 is 1.36 bits per heavy atom. The van der Waals surface area contributed by atoms with E-state index in [1.54, 1.807) is 7.11 Å². The monoisotopic (exact) mass is 308 g/mol. The van der Waals surface area contributed by atoms with E-state index < -0.39 is 0 Å². The molecule has 22 heavy (non-hydrogen) atoms. The fraction of sp³-hybridized carbons (Fsp3) is 0.750. The summed E-state index contributed by atoms with van der Waals surface area (Å²) in [4.78, 5) is 11.4. The summed E-state index contributed by atoms with van der Waals surface area (Å²) in [5, 5.41) is 3.37. The number of hydrogen-bond donors (Lipinski definition) is 1. The van der Waals surface area contributed by atoms with Gasteiger partial charge in [-0.1, -0.05) is 13.8 Å². The molecule has 1 aromatic rings. The Bertz CT molecular complexity index is 446. The van der Waals surface area contributed by atoms with Gasteiger partial charge < -0.3 is 19.7 Å². The topological polar surface area (TPSA) is 59.5 Å². The molecular formula is C16H28N4O2. The molecule has 0 bridgehead atoms. The Morgan fingerprint density at radius 3 is 2.82 bits per heavy atom. The van der Waals surface area contributed by atoms with Crippen molar-refractivity contribution >= 4 is 5.82 Å². The van der Waals surface area contributed by atoms with Crippen molar-refractivity contribution < 1.29 is 9.47 Å². The average Bonchev–Trinajstić information content (AvgIpc) is 3.09. The van der Waals surface area contributed by atoms with E-state index in [1.807, 2.05) is 6.07 Å². The van der Waals surface area contributed by atoms with Crippen molar-refractivity contribution in [3.05, 3.63) is 11.9 Å². The number of methoxy groups -OCH3 is 1. The molecule has 2 heterocycles. The summed E-state index contributed by atoms with van der Waals surface area (Å²) in [5.41, 5.74) is 0. The van der Waals surface area contributed by atoms with E-state index in [9.17, 15) is 0 Å². The molecule has 1 saturated heterocycles. The highest BCUT2D eigenvalue weighted by Gasteiger charge is 2.21. The third-order valence-electron chi connectivity index (χ3n) is 4.00. The summed E-state index contributed by atoms with van der Waals surface area (Å²) < 4.78 is 10.9. The number of hydrogen-bond acceptors (Lipinski definition) is 6. The van der Waals surface area contributed by atoms with Crippen molar-refractivity contribution in [3.8, 4) is 5.88 Å². The SMILES string of the molecule is CCN(CC)CCCNc1cc(OC)nc(C2CCCO2)n1. The van der Waals surface area contributed by atoms with Gasteiger partial charge in [0.15, 0.2) is 5.82 Å². The van der Waals surface area contributed by atoms with Crippen molar-refractivity contribution in [3.63, 3.8) is 0 Å². The second kappa shape index (κ2) is 8.90. The van der Waals surface area contributed by atoms with Gasteiger partial charge in [-0.05, 0) is 38.9 Å². The fourth-order valence-electron chi connectivity index (χ4n) is 2.62. The predicted octanol–water partition coefficient (Wildman–Crippen LogP) is 2.48. The lowest BCUT2D eigenvalue weighted by Crippen LogP contribution is -2.25. The van der Waals surface area contributed by atoms with Crippen LogP contribution in [0.3, 0.4) is 0 Å². The number of ether oxygens (including phenoxy) is 2. The van der Waals surface area contributed by atoms with Crippen molar-refractivity contribution in [2.24, 2.45) is 0 Å². The van der Waals surface area contributed by atoms with E-state index in [-0.39, 0.29) is 6.10 Å². The van der Waals surface area contributed by atoms with Crippen LogP contribution in [0.15, 0.2) is 6.07 Å². The zero-order valence-electron chi connectivity index (χ0n) is 14.0. The Morgan fingerprint density at radius 2 is 2.18 bits per heavy atom. The zero-order chi connectivity index (χ0) is 15.8. The molecule has 0 saturated carbocycles. The van der Waals surface area contributed by atoms with Gasteiger partial charge >= 0.3 is 0 Å². The molecule has 0 amide bonds. The molecule has 0 radical (unpaired) electrons. The van der Waals surface area contributed by atoms with E-state index in [2.05, 4.69) is 34.0 Å².